The lowest BCUT2D eigenvalue weighted by atomic mass is 10.2. The number of nitrogens with zero attached hydrogens (tertiary/aromatic N) is 2. The second-order valence-electron chi connectivity index (χ2n) is 6.26. The van der Waals surface area contributed by atoms with Gasteiger partial charge in [-0.05, 0) is 49.5 Å². The molecule has 1 fully saturated rings. The topological polar surface area (TPSA) is 52.7 Å². The number of nitrogens with one attached hydrogen (secondary N) is 1. The maximum Gasteiger partial charge on any atom is 0.243 e. The molecule has 144 valence electrons. The molecule has 0 spiro atoms. The summed E-state index contributed by atoms with van der Waals surface area (Å²) in [5.41, 5.74) is 1.77. The molecule has 27 heavy (non-hydrogen) atoms. The van der Waals surface area contributed by atoms with Crippen LogP contribution in [-0.2, 0) is 10.0 Å². The molecule has 1 saturated heterocycles. The van der Waals surface area contributed by atoms with Crippen molar-refractivity contribution in [3.8, 4) is 0 Å². The third-order valence-corrected chi connectivity index (χ3v) is 7.37. The third kappa shape index (κ3) is 4.73. The number of hydrogen-bond acceptors (Lipinski definition) is 3. The predicted molar refractivity (Wildman–Crippen MR) is 114 cm³/mol. The molecule has 0 aliphatic carbocycles. The molecule has 0 unspecified atom stereocenters. The molecule has 1 aliphatic rings. The average molecular weight is 444 g/mol. The minimum Gasteiger partial charge on any atom is -0.346 e. The van der Waals surface area contributed by atoms with Crippen LogP contribution in [0.25, 0.3) is 0 Å². The Morgan fingerprint density at radius 1 is 1.00 bits per heavy atom. The van der Waals surface area contributed by atoms with E-state index in [9.17, 15) is 8.42 Å². The molecule has 0 bridgehead atoms. The van der Waals surface area contributed by atoms with Crippen LogP contribution in [0.4, 0.5) is 5.69 Å². The number of hydrogen-bond donors (Lipinski definition) is 1. The summed E-state index contributed by atoms with van der Waals surface area (Å²) in [5.74, 6) is 0. The van der Waals surface area contributed by atoms with Crippen molar-refractivity contribution in [2.24, 2.45) is 0 Å². The molecule has 3 rings (SSSR count). The second kappa shape index (κ2) is 8.32. The fraction of sp³-hybridized carbons (Fsp3) is 0.278. The normalized spacial score (nSPS) is 15.6. The number of benzene rings is 2. The molecule has 9 heteroatoms. The van der Waals surface area contributed by atoms with E-state index in [-0.39, 0.29) is 0 Å². The van der Waals surface area contributed by atoms with Gasteiger partial charge in [0.2, 0.25) is 10.0 Å². The molecule has 0 atom stereocenters. The van der Waals surface area contributed by atoms with E-state index >= 15 is 0 Å². The average Bonchev–Trinajstić information content (AvgIpc) is 2.65. The Hall–Kier alpha value is -1.38. The third-order valence-electron chi connectivity index (χ3n) is 4.36. The molecule has 5 nitrogen and oxygen atoms in total. The molecule has 0 saturated carbocycles. The highest BCUT2D eigenvalue weighted by Crippen LogP contribution is 2.25. The Kier molecular flexibility index (Phi) is 6.28. The van der Waals surface area contributed by atoms with Crippen molar-refractivity contribution >= 4 is 56.2 Å². The number of halogens is 2. The van der Waals surface area contributed by atoms with Crippen LogP contribution in [0.1, 0.15) is 5.56 Å². The molecule has 1 N–H and O–H groups in total. The molecule has 1 heterocycles. The van der Waals surface area contributed by atoms with Gasteiger partial charge in [-0.2, -0.15) is 4.31 Å². The summed E-state index contributed by atoms with van der Waals surface area (Å²) in [7, 11) is -3.49. The van der Waals surface area contributed by atoms with Gasteiger partial charge in [-0.1, -0.05) is 40.9 Å². The first-order valence-electron chi connectivity index (χ1n) is 8.35. The van der Waals surface area contributed by atoms with E-state index in [4.69, 9.17) is 35.4 Å². The first-order valence-corrected chi connectivity index (χ1v) is 11.0. The molecule has 2 aromatic carbocycles. The summed E-state index contributed by atoms with van der Waals surface area (Å²) in [4.78, 5) is 2.26. The van der Waals surface area contributed by atoms with Gasteiger partial charge in [0.1, 0.15) is 0 Å². The standard InChI is InChI=1S/C18H19Cl2N3O2S2/c1-13-2-5-15(6-3-13)27(24,25)23-10-8-22(9-11-23)18(26)21-14-4-7-16(19)17(20)12-14/h2-7,12H,8-11H2,1H3,(H,21,26). The number of anilines is 1. The summed E-state index contributed by atoms with van der Waals surface area (Å²) in [6, 6.07) is 12.1. The number of piperazine rings is 1. The van der Waals surface area contributed by atoms with Crippen LogP contribution in [0.5, 0.6) is 0 Å². The smallest absolute Gasteiger partial charge is 0.243 e. The highest BCUT2D eigenvalue weighted by Gasteiger charge is 2.29. The van der Waals surface area contributed by atoms with Gasteiger partial charge >= 0.3 is 0 Å². The Balaban J connectivity index is 1.61. The molecular formula is C18H19Cl2N3O2S2. The van der Waals surface area contributed by atoms with Gasteiger partial charge in [-0.25, -0.2) is 8.42 Å². The first-order chi connectivity index (χ1) is 12.8. The van der Waals surface area contributed by atoms with Gasteiger partial charge in [0.05, 0.1) is 14.9 Å². The Morgan fingerprint density at radius 3 is 2.22 bits per heavy atom. The summed E-state index contributed by atoms with van der Waals surface area (Å²) in [6.07, 6.45) is 0. The first kappa shape index (κ1) is 20.4. The van der Waals surface area contributed by atoms with Crippen LogP contribution >= 0.6 is 35.4 Å². The quantitative estimate of drug-likeness (QED) is 0.726. The van der Waals surface area contributed by atoms with Crippen molar-refractivity contribution in [2.75, 3.05) is 31.5 Å². The summed E-state index contributed by atoms with van der Waals surface area (Å²) in [6.45, 7) is 3.70. The zero-order valence-corrected chi connectivity index (χ0v) is 17.8. The lowest BCUT2D eigenvalue weighted by Gasteiger charge is -2.35. The minimum atomic E-state index is -3.49. The van der Waals surface area contributed by atoms with E-state index in [1.165, 1.54) is 4.31 Å². The fourth-order valence-corrected chi connectivity index (χ4v) is 4.79. The van der Waals surface area contributed by atoms with Gasteiger partial charge in [0.25, 0.3) is 0 Å². The van der Waals surface area contributed by atoms with Crippen molar-refractivity contribution in [1.29, 1.82) is 0 Å². The van der Waals surface area contributed by atoms with Crippen LogP contribution in [-0.4, -0.2) is 48.9 Å². The molecule has 2 aromatic rings. The van der Waals surface area contributed by atoms with E-state index in [1.54, 1.807) is 42.5 Å². The summed E-state index contributed by atoms with van der Waals surface area (Å²) in [5, 5.41) is 4.56. The van der Waals surface area contributed by atoms with Gasteiger partial charge in [0.15, 0.2) is 5.11 Å². The van der Waals surface area contributed by atoms with Gasteiger partial charge < -0.3 is 10.2 Å². The Labute approximate surface area is 174 Å². The summed E-state index contributed by atoms with van der Waals surface area (Å²) >= 11 is 17.4. The van der Waals surface area contributed by atoms with Crippen molar-refractivity contribution in [3.63, 3.8) is 0 Å². The molecule has 0 radical (unpaired) electrons. The van der Waals surface area contributed by atoms with Crippen molar-refractivity contribution in [2.45, 2.75) is 11.8 Å². The zero-order chi connectivity index (χ0) is 19.6. The van der Waals surface area contributed by atoms with Crippen LogP contribution < -0.4 is 5.32 Å². The number of thiocarbonyl (C=S) groups is 1. The van der Waals surface area contributed by atoms with Crippen LogP contribution in [0.3, 0.4) is 0 Å². The SMILES string of the molecule is Cc1ccc(S(=O)(=O)N2CCN(C(=S)Nc3ccc(Cl)c(Cl)c3)CC2)cc1. The van der Waals surface area contributed by atoms with Gasteiger partial charge in [-0.3, -0.25) is 0 Å². The lowest BCUT2D eigenvalue weighted by Crippen LogP contribution is -2.51. The van der Waals surface area contributed by atoms with E-state index in [2.05, 4.69) is 5.32 Å². The van der Waals surface area contributed by atoms with Crippen molar-refractivity contribution in [1.82, 2.24) is 9.21 Å². The fourth-order valence-electron chi connectivity index (χ4n) is 2.77. The molecule has 0 aromatic heterocycles. The van der Waals surface area contributed by atoms with Crippen molar-refractivity contribution in [3.05, 3.63) is 58.1 Å². The molecule has 0 amide bonds. The Morgan fingerprint density at radius 2 is 1.63 bits per heavy atom. The highest BCUT2D eigenvalue weighted by molar-refractivity contribution is 7.89. The monoisotopic (exact) mass is 443 g/mol. The zero-order valence-electron chi connectivity index (χ0n) is 14.7. The van der Waals surface area contributed by atoms with Gasteiger partial charge in [0, 0.05) is 31.9 Å². The maximum absolute atomic E-state index is 12.8. The number of aryl methyl sites for hydroxylation is 1. The van der Waals surface area contributed by atoms with E-state index in [0.717, 1.165) is 11.3 Å². The van der Waals surface area contributed by atoms with Crippen LogP contribution in [0, 0.1) is 6.92 Å². The summed E-state index contributed by atoms with van der Waals surface area (Å²) < 4.78 is 27.0. The minimum absolute atomic E-state index is 0.318. The highest BCUT2D eigenvalue weighted by atomic mass is 35.5. The molecular weight excluding hydrogens is 425 g/mol. The van der Waals surface area contributed by atoms with Crippen LogP contribution in [0.15, 0.2) is 47.4 Å². The maximum atomic E-state index is 12.8. The van der Waals surface area contributed by atoms with E-state index < -0.39 is 10.0 Å². The number of rotatable bonds is 3. The second-order valence-corrected chi connectivity index (χ2v) is 9.40. The largest absolute Gasteiger partial charge is 0.346 e. The number of sulfonamides is 1. The lowest BCUT2D eigenvalue weighted by molar-refractivity contribution is 0.268. The molecule has 1 aliphatic heterocycles. The van der Waals surface area contributed by atoms with Crippen LogP contribution in [0.2, 0.25) is 10.0 Å². The van der Waals surface area contributed by atoms with E-state index in [0.29, 0.717) is 46.2 Å². The van der Waals surface area contributed by atoms with E-state index in [1.807, 2.05) is 11.8 Å². The predicted octanol–water partition coefficient (Wildman–Crippen LogP) is 4.01. The Bertz CT molecular complexity index is 942. The van der Waals surface area contributed by atoms with Crippen molar-refractivity contribution < 1.29 is 8.42 Å². The van der Waals surface area contributed by atoms with Gasteiger partial charge in [-0.15, -0.1) is 0 Å².